The number of amides is 1. The monoisotopic (exact) mass is 258 g/mol. The number of methoxy groups -OCH3 is 1. The summed E-state index contributed by atoms with van der Waals surface area (Å²) < 4.78 is 5.04. The van der Waals surface area contributed by atoms with Crippen molar-refractivity contribution in [2.45, 2.75) is 19.9 Å². The van der Waals surface area contributed by atoms with Crippen molar-refractivity contribution in [2.75, 3.05) is 19.0 Å². The van der Waals surface area contributed by atoms with Gasteiger partial charge in [-0.2, -0.15) is 0 Å². The molecule has 0 aromatic carbocycles. The molecule has 0 spiro atoms. The molecule has 0 radical (unpaired) electrons. The third-order valence-electron chi connectivity index (χ3n) is 1.83. The van der Waals surface area contributed by atoms with Gasteiger partial charge in [-0.3, -0.25) is 4.79 Å². The summed E-state index contributed by atoms with van der Waals surface area (Å²) in [5.41, 5.74) is 0. The predicted octanol–water partition coefficient (Wildman–Crippen LogP) is 1.08. The van der Waals surface area contributed by atoms with Crippen molar-refractivity contribution in [3.8, 4) is 5.75 Å². The molecule has 0 aliphatic carbocycles. The van der Waals surface area contributed by atoms with Gasteiger partial charge in [0, 0.05) is 6.04 Å². The predicted molar refractivity (Wildman–Crippen MR) is 65.4 cm³/mol. The lowest BCUT2D eigenvalue weighted by Gasteiger charge is -2.11. The number of aromatic nitrogens is 2. The van der Waals surface area contributed by atoms with E-state index in [1.807, 2.05) is 13.8 Å². The van der Waals surface area contributed by atoms with Crippen molar-refractivity contribution in [3.63, 3.8) is 0 Å². The van der Waals surface area contributed by atoms with Gasteiger partial charge >= 0.3 is 0 Å². The maximum Gasteiger partial charge on any atom is 0.239 e. The SMILES string of the molecule is COc1c(Cl)ncnc1NCC(=O)NC(C)C. The summed E-state index contributed by atoms with van der Waals surface area (Å²) in [6.07, 6.45) is 1.30. The standard InChI is InChI=1S/C10H15ClN4O2/c1-6(2)15-7(16)4-12-10-8(17-3)9(11)13-5-14-10/h5-6H,4H2,1-3H3,(H,15,16)(H,12,13,14). The quantitative estimate of drug-likeness (QED) is 0.773. The molecule has 1 aromatic rings. The Balaban J connectivity index is 2.63. The summed E-state index contributed by atoms with van der Waals surface area (Å²) in [7, 11) is 1.46. The van der Waals surface area contributed by atoms with Gasteiger partial charge in [0.15, 0.2) is 16.7 Å². The van der Waals surface area contributed by atoms with Crippen LogP contribution in [0, 0.1) is 0 Å². The molecule has 0 atom stereocenters. The Morgan fingerprint density at radius 2 is 2.24 bits per heavy atom. The van der Waals surface area contributed by atoms with Crippen molar-refractivity contribution in [2.24, 2.45) is 0 Å². The van der Waals surface area contributed by atoms with Crippen molar-refractivity contribution >= 4 is 23.3 Å². The Bertz CT molecular complexity index is 398. The summed E-state index contributed by atoms with van der Waals surface area (Å²) >= 11 is 5.81. The van der Waals surface area contributed by atoms with E-state index in [4.69, 9.17) is 16.3 Å². The Hall–Kier alpha value is -1.56. The average molecular weight is 259 g/mol. The van der Waals surface area contributed by atoms with Gasteiger partial charge in [-0.15, -0.1) is 0 Å². The molecule has 0 saturated heterocycles. The lowest BCUT2D eigenvalue weighted by atomic mass is 10.4. The number of nitrogens with zero attached hydrogens (tertiary/aromatic N) is 2. The zero-order chi connectivity index (χ0) is 12.8. The van der Waals surface area contributed by atoms with Crippen LogP contribution in [-0.4, -0.2) is 35.6 Å². The van der Waals surface area contributed by atoms with E-state index in [0.717, 1.165) is 0 Å². The number of hydrogen-bond donors (Lipinski definition) is 2. The number of carbonyl (C=O) groups excluding carboxylic acids is 1. The minimum atomic E-state index is -0.128. The zero-order valence-corrected chi connectivity index (χ0v) is 10.7. The van der Waals surface area contributed by atoms with Crippen LogP contribution >= 0.6 is 11.6 Å². The molecular weight excluding hydrogens is 244 g/mol. The van der Waals surface area contributed by atoms with Gasteiger partial charge in [0.1, 0.15) is 6.33 Å². The molecule has 0 fully saturated rings. The number of hydrogen-bond acceptors (Lipinski definition) is 5. The average Bonchev–Trinajstić information content (AvgIpc) is 2.25. The third kappa shape index (κ3) is 4.07. The smallest absolute Gasteiger partial charge is 0.239 e. The molecule has 1 aromatic heterocycles. The van der Waals surface area contributed by atoms with Gasteiger partial charge < -0.3 is 15.4 Å². The molecule has 6 nitrogen and oxygen atoms in total. The minimum Gasteiger partial charge on any atom is -0.490 e. The molecule has 17 heavy (non-hydrogen) atoms. The molecule has 0 aliphatic heterocycles. The van der Waals surface area contributed by atoms with Crippen molar-refractivity contribution in [1.29, 1.82) is 0 Å². The second-order valence-electron chi connectivity index (χ2n) is 3.62. The zero-order valence-electron chi connectivity index (χ0n) is 9.95. The molecule has 2 N–H and O–H groups in total. The molecule has 1 heterocycles. The highest BCUT2D eigenvalue weighted by Crippen LogP contribution is 2.27. The molecule has 0 unspecified atom stereocenters. The van der Waals surface area contributed by atoms with E-state index in [2.05, 4.69) is 20.6 Å². The summed E-state index contributed by atoms with van der Waals surface area (Å²) in [5, 5.41) is 5.79. The van der Waals surface area contributed by atoms with Gasteiger partial charge in [-0.25, -0.2) is 9.97 Å². The molecule has 0 aliphatic rings. The van der Waals surface area contributed by atoms with E-state index >= 15 is 0 Å². The highest BCUT2D eigenvalue weighted by atomic mass is 35.5. The highest BCUT2D eigenvalue weighted by Gasteiger charge is 2.11. The van der Waals surface area contributed by atoms with Crippen molar-refractivity contribution in [3.05, 3.63) is 11.5 Å². The second kappa shape index (κ2) is 6.24. The first-order chi connectivity index (χ1) is 8.04. The molecule has 0 bridgehead atoms. The van der Waals surface area contributed by atoms with E-state index in [0.29, 0.717) is 11.6 Å². The van der Waals surface area contributed by atoms with Crippen molar-refractivity contribution < 1.29 is 9.53 Å². The number of anilines is 1. The largest absolute Gasteiger partial charge is 0.490 e. The van der Waals surface area contributed by atoms with Crippen LogP contribution in [-0.2, 0) is 4.79 Å². The lowest BCUT2D eigenvalue weighted by molar-refractivity contribution is -0.119. The van der Waals surface area contributed by atoms with Crippen LogP contribution < -0.4 is 15.4 Å². The molecular formula is C10H15ClN4O2. The summed E-state index contributed by atoms with van der Waals surface area (Å²) in [4.78, 5) is 19.1. The van der Waals surface area contributed by atoms with Gasteiger partial charge in [-0.1, -0.05) is 11.6 Å². The van der Waals surface area contributed by atoms with Gasteiger partial charge in [0.2, 0.25) is 5.91 Å². The molecule has 1 amide bonds. The number of ether oxygens (including phenoxy) is 1. The van der Waals surface area contributed by atoms with Crippen LogP contribution in [0.1, 0.15) is 13.8 Å². The molecule has 7 heteroatoms. The van der Waals surface area contributed by atoms with E-state index < -0.39 is 0 Å². The fourth-order valence-electron chi connectivity index (χ4n) is 1.20. The normalized spacial score (nSPS) is 10.2. The fraction of sp³-hybridized carbons (Fsp3) is 0.500. The minimum absolute atomic E-state index is 0.0974. The summed E-state index contributed by atoms with van der Waals surface area (Å²) in [6, 6.07) is 0.0974. The van der Waals surface area contributed by atoms with Crippen LogP contribution in [0.15, 0.2) is 6.33 Å². The van der Waals surface area contributed by atoms with Crippen LogP contribution in [0.4, 0.5) is 5.82 Å². The summed E-state index contributed by atoms with van der Waals surface area (Å²) in [6.45, 7) is 3.88. The van der Waals surface area contributed by atoms with Crippen LogP contribution in [0.5, 0.6) is 5.75 Å². The molecule has 1 rings (SSSR count). The Labute approximate surface area is 105 Å². The van der Waals surface area contributed by atoms with Crippen LogP contribution in [0.3, 0.4) is 0 Å². The van der Waals surface area contributed by atoms with E-state index in [1.54, 1.807) is 0 Å². The first-order valence-electron chi connectivity index (χ1n) is 5.12. The maximum absolute atomic E-state index is 11.4. The molecule has 94 valence electrons. The Morgan fingerprint density at radius 1 is 1.53 bits per heavy atom. The van der Waals surface area contributed by atoms with Crippen LogP contribution in [0.25, 0.3) is 0 Å². The number of rotatable bonds is 5. The number of nitrogens with one attached hydrogen (secondary N) is 2. The Morgan fingerprint density at radius 3 is 2.82 bits per heavy atom. The van der Waals surface area contributed by atoms with E-state index in [-0.39, 0.29) is 23.6 Å². The Kier molecular flexibility index (Phi) is 4.96. The first-order valence-corrected chi connectivity index (χ1v) is 5.50. The third-order valence-corrected chi connectivity index (χ3v) is 2.10. The van der Waals surface area contributed by atoms with E-state index in [9.17, 15) is 4.79 Å². The van der Waals surface area contributed by atoms with E-state index in [1.165, 1.54) is 13.4 Å². The number of carbonyl (C=O) groups is 1. The molecule has 0 saturated carbocycles. The second-order valence-corrected chi connectivity index (χ2v) is 3.98. The van der Waals surface area contributed by atoms with Crippen LogP contribution in [0.2, 0.25) is 5.15 Å². The summed E-state index contributed by atoms with van der Waals surface area (Å²) in [5.74, 6) is 0.592. The fourth-order valence-corrected chi connectivity index (χ4v) is 1.41. The highest BCUT2D eigenvalue weighted by molar-refractivity contribution is 6.31. The van der Waals surface area contributed by atoms with Gasteiger partial charge in [0.05, 0.1) is 13.7 Å². The topological polar surface area (TPSA) is 76.1 Å². The maximum atomic E-state index is 11.4. The van der Waals surface area contributed by atoms with Gasteiger partial charge in [0.25, 0.3) is 0 Å². The first kappa shape index (κ1) is 13.5. The van der Waals surface area contributed by atoms with Crippen molar-refractivity contribution in [1.82, 2.24) is 15.3 Å². The van der Waals surface area contributed by atoms with Gasteiger partial charge in [-0.05, 0) is 13.8 Å². The number of halogens is 1. The lowest BCUT2D eigenvalue weighted by Crippen LogP contribution is -2.35.